The van der Waals surface area contributed by atoms with E-state index in [9.17, 15) is 9.18 Å². The van der Waals surface area contributed by atoms with Gasteiger partial charge in [-0.1, -0.05) is 24.3 Å². The molecule has 0 aliphatic carbocycles. The van der Waals surface area contributed by atoms with E-state index < -0.39 is 0 Å². The maximum absolute atomic E-state index is 14.1. The van der Waals surface area contributed by atoms with E-state index in [0.717, 1.165) is 37.1 Å². The van der Waals surface area contributed by atoms with Crippen molar-refractivity contribution in [3.05, 3.63) is 53.8 Å². The molecule has 0 bridgehead atoms. The zero-order valence-electron chi connectivity index (χ0n) is 15.9. The molecule has 0 saturated carbocycles. The molecule has 1 aliphatic rings. The van der Waals surface area contributed by atoms with Gasteiger partial charge in [0.15, 0.2) is 6.61 Å². The van der Waals surface area contributed by atoms with Crippen molar-refractivity contribution in [2.75, 3.05) is 26.3 Å². The number of benzene rings is 2. The predicted octanol–water partition coefficient (Wildman–Crippen LogP) is 4.59. The summed E-state index contributed by atoms with van der Waals surface area (Å²) < 4.78 is 25.2. The van der Waals surface area contributed by atoms with E-state index in [1.165, 1.54) is 12.1 Å². The lowest BCUT2D eigenvalue weighted by Crippen LogP contribution is -2.32. The van der Waals surface area contributed by atoms with Crippen molar-refractivity contribution < 1.29 is 18.7 Å². The van der Waals surface area contributed by atoms with Crippen LogP contribution in [0.1, 0.15) is 38.4 Å². The van der Waals surface area contributed by atoms with Crippen molar-refractivity contribution in [3.63, 3.8) is 0 Å². The van der Waals surface area contributed by atoms with Gasteiger partial charge < -0.3 is 14.4 Å². The van der Waals surface area contributed by atoms with Crippen molar-refractivity contribution in [2.45, 2.75) is 32.8 Å². The van der Waals surface area contributed by atoms with Gasteiger partial charge in [0.2, 0.25) is 0 Å². The molecule has 1 saturated heterocycles. The summed E-state index contributed by atoms with van der Waals surface area (Å²) in [5.41, 5.74) is 2.68. The van der Waals surface area contributed by atoms with Gasteiger partial charge in [-0.2, -0.15) is 0 Å². The van der Waals surface area contributed by atoms with Crippen LogP contribution in [0.3, 0.4) is 0 Å². The highest BCUT2D eigenvalue weighted by atomic mass is 19.1. The van der Waals surface area contributed by atoms with Gasteiger partial charge in [0.25, 0.3) is 5.91 Å². The minimum Gasteiger partial charge on any atom is -0.484 e. The molecule has 27 heavy (non-hydrogen) atoms. The lowest BCUT2D eigenvalue weighted by Gasteiger charge is -2.16. The second-order valence-electron chi connectivity index (χ2n) is 6.77. The second-order valence-corrected chi connectivity index (χ2v) is 6.77. The van der Waals surface area contributed by atoms with Crippen molar-refractivity contribution in [1.29, 1.82) is 0 Å². The highest BCUT2D eigenvalue weighted by molar-refractivity contribution is 5.78. The van der Waals surface area contributed by atoms with Gasteiger partial charge in [0, 0.05) is 25.8 Å². The van der Waals surface area contributed by atoms with Crippen LogP contribution in [-0.2, 0) is 9.53 Å². The molecule has 0 aromatic heterocycles. The Morgan fingerprint density at radius 2 is 1.81 bits per heavy atom. The van der Waals surface area contributed by atoms with Crippen LogP contribution < -0.4 is 4.74 Å². The number of hydrogen-bond donors (Lipinski definition) is 0. The molecular weight excluding hydrogens is 345 g/mol. The first kappa shape index (κ1) is 19.4. The summed E-state index contributed by atoms with van der Waals surface area (Å²) in [5, 5.41) is 0. The van der Waals surface area contributed by atoms with E-state index in [4.69, 9.17) is 9.47 Å². The third-order valence-electron chi connectivity index (χ3n) is 4.82. The van der Waals surface area contributed by atoms with Crippen molar-refractivity contribution >= 4 is 5.91 Å². The fraction of sp³-hybridized carbons (Fsp3) is 0.409. The lowest BCUT2D eigenvalue weighted by molar-refractivity contribution is -0.132. The van der Waals surface area contributed by atoms with E-state index in [1.54, 1.807) is 11.0 Å². The Hall–Kier alpha value is -2.40. The predicted molar refractivity (Wildman–Crippen MR) is 103 cm³/mol. The Labute approximate surface area is 159 Å². The number of nitrogens with zero attached hydrogens (tertiary/aromatic N) is 1. The normalized spacial score (nSPS) is 15.0. The molecule has 2 aromatic rings. The molecule has 0 radical (unpaired) electrons. The third kappa shape index (κ3) is 5.07. The van der Waals surface area contributed by atoms with Crippen LogP contribution in [0, 0.1) is 5.82 Å². The summed E-state index contributed by atoms with van der Waals surface area (Å²) in [7, 11) is 0. The van der Waals surface area contributed by atoms with Gasteiger partial charge in [-0.15, -0.1) is 0 Å². The molecule has 0 N–H and O–H groups in total. The van der Waals surface area contributed by atoms with Gasteiger partial charge >= 0.3 is 0 Å². The zero-order valence-corrected chi connectivity index (χ0v) is 15.9. The first-order valence-corrected chi connectivity index (χ1v) is 9.50. The smallest absolute Gasteiger partial charge is 0.260 e. The summed E-state index contributed by atoms with van der Waals surface area (Å²) in [4.78, 5) is 13.9. The molecule has 144 valence electrons. The van der Waals surface area contributed by atoms with E-state index >= 15 is 0 Å². The number of carbonyl (C=O) groups excluding carboxylic acids is 1. The van der Waals surface area contributed by atoms with Gasteiger partial charge in [0.05, 0.1) is 6.10 Å². The molecule has 5 heteroatoms. The lowest BCUT2D eigenvalue weighted by atomic mass is 10.0. The third-order valence-corrected chi connectivity index (χ3v) is 4.82. The minimum atomic E-state index is -0.386. The van der Waals surface area contributed by atoms with Crippen LogP contribution in [0.2, 0.25) is 0 Å². The topological polar surface area (TPSA) is 38.8 Å². The van der Waals surface area contributed by atoms with Crippen LogP contribution in [0.15, 0.2) is 42.5 Å². The number of hydrogen-bond acceptors (Lipinski definition) is 3. The molecule has 2 aromatic carbocycles. The maximum atomic E-state index is 14.1. The molecule has 4 nitrogen and oxygen atoms in total. The Bertz CT molecular complexity index is 770. The Morgan fingerprint density at radius 3 is 2.48 bits per heavy atom. The minimum absolute atomic E-state index is 0.0204. The molecule has 1 amide bonds. The van der Waals surface area contributed by atoms with Crippen molar-refractivity contribution in [2.24, 2.45) is 0 Å². The van der Waals surface area contributed by atoms with Crippen LogP contribution >= 0.6 is 0 Å². The zero-order chi connectivity index (χ0) is 19.2. The molecule has 1 aliphatic heterocycles. The summed E-state index contributed by atoms with van der Waals surface area (Å²) >= 11 is 0. The Morgan fingerprint density at radius 1 is 1.11 bits per heavy atom. The number of amides is 1. The molecular formula is C22H26FNO3. The van der Waals surface area contributed by atoms with Gasteiger partial charge in [0.1, 0.15) is 11.6 Å². The second kappa shape index (κ2) is 9.00. The number of carbonyl (C=O) groups is 1. The van der Waals surface area contributed by atoms with Gasteiger partial charge in [-0.25, -0.2) is 4.39 Å². The van der Waals surface area contributed by atoms with Crippen molar-refractivity contribution in [3.8, 4) is 16.9 Å². The van der Waals surface area contributed by atoms with Crippen molar-refractivity contribution in [1.82, 2.24) is 4.90 Å². The first-order chi connectivity index (χ1) is 13.1. The average Bonchev–Trinajstić information content (AvgIpc) is 3.21. The molecule has 3 rings (SSSR count). The van der Waals surface area contributed by atoms with E-state index in [2.05, 4.69) is 0 Å². The fourth-order valence-corrected chi connectivity index (χ4v) is 3.31. The molecule has 1 fully saturated rings. The van der Waals surface area contributed by atoms with Crippen LogP contribution in [0.25, 0.3) is 11.1 Å². The average molecular weight is 371 g/mol. The fourth-order valence-electron chi connectivity index (χ4n) is 3.31. The standard InChI is InChI=1S/C22H26FNO3/c1-3-26-16(2)17-6-8-18(9-7-17)19-12-20(23)14-21(13-19)27-15-22(25)24-10-4-5-11-24/h6-9,12-14,16H,3-5,10-11,15H2,1-2H3. The Balaban J connectivity index is 1.70. The van der Waals surface area contributed by atoms with E-state index in [-0.39, 0.29) is 24.4 Å². The largest absolute Gasteiger partial charge is 0.484 e. The molecule has 1 heterocycles. The number of likely N-dealkylation sites (tertiary alicyclic amines) is 1. The van der Waals surface area contributed by atoms with Gasteiger partial charge in [-0.05, 0) is 55.5 Å². The Kier molecular flexibility index (Phi) is 6.45. The molecule has 0 spiro atoms. The number of halogens is 1. The monoisotopic (exact) mass is 371 g/mol. The summed E-state index contributed by atoms with van der Waals surface area (Å²) in [6, 6.07) is 12.4. The van der Waals surface area contributed by atoms with Crippen LogP contribution in [0.4, 0.5) is 4.39 Å². The van der Waals surface area contributed by atoms with Crippen LogP contribution in [0.5, 0.6) is 5.75 Å². The summed E-state index contributed by atoms with van der Waals surface area (Å²) in [6.45, 7) is 6.13. The summed E-state index contributed by atoms with van der Waals surface area (Å²) in [5.74, 6) is -0.0697. The van der Waals surface area contributed by atoms with Gasteiger partial charge in [-0.3, -0.25) is 4.79 Å². The number of ether oxygens (including phenoxy) is 2. The maximum Gasteiger partial charge on any atom is 0.260 e. The summed E-state index contributed by atoms with van der Waals surface area (Å²) in [6.07, 6.45) is 2.09. The quantitative estimate of drug-likeness (QED) is 0.714. The highest BCUT2D eigenvalue weighted by Gasteiger charge is 2.18. The van der Waals surface area contributed by atoms with Crippen LogP contribution in [-0.4, -0.2) is 37.1 Å². The molecule has 1 atom stereocenters. The van der Waals surface area contributed by atoms with E-state index in [1.807, 2.05) is 38.1 Å². The SMILES string of the molecule is CCOC(C)c1ccc(-c2cc(F)cc(OCC(=O)N3CCCC3)c2)cc1. The number of rotatable bonds is 7. The highest BCUT2D eigenvalue weighted by Crippen LogP contribution is 2.27. The van der Waals surface area contributed by atoms with E-state index in [0.29, 0.717) is 17.9 Å². The molecule has 1 unspecified atom stereocenters. The first-order valence-electron chi connectivity index (χ1n) is 9.50.